The fraction of sp³-hybridized carbons (Fsp3) is 0.143. The lowest BCUT2D eigenvalue weighted by Gasteiger charge is -2.11. The number of hydrogen-bond acceptors (Lipinski definition) is 2. The minimum atomic E-state index is 0.757. The second-order valence-corrected chi connectivity index (χ2v) is 4.27. The third-order valence-electron chi connectivity index (χ3n) is 2.10. The predicted molar refractivity (Wildman–Crippen MR) is 77.1 cm³/mol. The van der Waals surface area contributed by atoms with Gasteiger partial charge in [-0.25, -0.2) is 0 Å². The lowest BCUT2D eigenvalue weighted by atomic mass is 10.2. The van der Waals surface area contributed by atoms with Gasteiger partial charge in [-0.15, -0.1) is 12.6 Å². The van der Waals surface area contributed by atoms with Crippen LogP contribution < -0.4 is 4.90 Å². The lowest BCUT2D eigenvalue weighted by molar-refractivity contribution is 1.13. The van der Waals surface area contributed by atoms with Gasteiger partial charge in [0, 0.05) is 19.8 Å². The van der Waals surface area contributed by atoms with Gasteiger partial charge in [0.1, 0.15) is 0 Å². The van der Waals surface area contributed by atoms with Crippen molar-refractivity contribution in [1.82, 2.24) is 0 Å². The van der Waals surface area contributed by atoms with E-state index in [1.165, 1.54) is 11.3 Å². The highest BCUT2D eigenvalue weighted by molar-refractivity contribution is 7.84. The molecule has 1 rings (SSSR count). The highest BCUT2D eigenvalue weighted by Crippen LogP contribution is 2.13. The Morgan fingerprint density at radius 2 is 1.81 bits per heavy atom. The summed E-state index contributed by atoms with van der Waals surface area (Å²) < 4.78 is 0. The van der Waals surface area contributed by atoms with Gasteiger partial charge in [0.15, 0.2) is 0 Å². The average Bonchev–Trinajstić information content (AvgIpc) is 2.25. The number of thiol groups is 1. The molecule has 0 aliphatic carbocycles. The summed E-state index contributed by atoms with van der Waals surface area (Å²) in [5.41, 5.74) is 2.39. The standard InChI is InChI=1S/C14H17NS/c1-12(16)6-4-5-7-13-8-10-14(11-9-13)15(2)3/h4-11,16H,1H2,2-3H3/b6-4+,7-5+. The van der Waals surface area contributed by atoms with Crippen molar-refractivity contribution in [3.05, 3.63) is 59.5 Å². The van der Waals surface area contributed by atoms with Gasteiger partial charge in [-0.2, -0.15) is 0 Å². The smallest absolute Gasteiger partial charge is 0.0361 e. The van der Waals surface area contributed by atoms with Gasteiger partial charge < -0.3 is 4.90 Å². The second-order valence-electron chi connectivity index (χ2n) is 3.70. The molecule has 0 atom stereocenters. The van der Waals surface area contributed by atoms with E-state index in [2.05, 4.69) is 48.4 Å². The third-order valence-corrected chi connectivity index (χ3v) is 2.25. The molecule has 2 heteroatoms. The first-order valence-corrected chi connectivity index (χ1v) is 5.54. The summed E-state index contributed by atoms with van der Waals surface area (Å²) in [7, 11) is 4.07. The second kappa shape index (κ2) is 6.23. The van der Waals surface area contributed by atoms with Crippen LogP contribution in [-0.4, -0.2) is 14.1 Å². The van der Waals surface area contributed by atoms with Crippen molar-refractivity contribution in [2.45, 2.75) is 0 Å². The Labute approximate surface area is 103 Å². The van der Waals surface area contributed by atoms with Crippen LogP contribution in [-0.2, 0) is 0 Å². The van der Waals surface area contributed by atoms with E-state index in [1.807, 2.05) is 38.4 Å². The molecule has 0 spiro atoms. The summed E-state index contributed by atoms with van der Waals surface area (Å²) in [6.45, 7) is 3.67. The topological polar surface area (TPSA) is 3.24 Å². The van der Waals surface area contributed by atoms with E-state index in [-0.39, 0.29) is 0 Å². The molecule has 0 amide bonds. The molecule has 0 fully saturated rings. The van der Waals surface area contributed by atoms with Gasteiger partial charge in [0.2, 0.25) is 0 Å². The molecule has 84 valence electrons. The molecule has 0 saturated heterocycles. The Kier molecular flexibility index (Phi) is 4.93. The zero-order valence-corrected chi connectivity index (χ0v) is 10.6. The lowest BCUT2D eigenvalue weighted by Crippen LogP contribution is -2.07. The Balaban J connectivity index is 2.65. The number of rotatable bonds is 4. The largest absolute Gasteiger partial charge is 0.378 e. The zero-order valence-electron chi connectivity index (χ0n) is 9.72. The zero-order chi connectivity index (χ0) is 12.0. The van der Waals surface area contributed by atoms with E-state index in [9.17, 15) is 0 Å². The third kappa shape index (κ3) is 4.41. The van der Waals surface area contributed by atoms with Crippen LogP contribution in [0.15, 0.2) is 54.0 Å². The van der Waals surface area contributed by atoms with E-state index in [1.54, 1.807) is 0 Å². The van der Waals surface area contributed by atoms with E-state index in [0.717, 1.165) is 4.91 Å². The molecule has 0 saturated carbocycles. The summed E-state index contributed by atoms with van der Waals surface area (Å²) in [6, 6.07) is 8.38. The summed E-state index contributed by atoms with van der Waals surface area (Å²) in [5, 5.41) is 0. The number of nitrogens with zero attached hydrogens (tertiary/aromatic N) is 1. The Bertz CT molecular complexity index is 399. The molecule has 0 bridgehead atoms. The molecule has 1 aromatic rings. The van der Waals surface area contributed by atoms with Crippen LogP contribution in [0.5, 0.6) is 0 Å². The minimum absolute atomic E-state index is 0.757. The van der Waals surface area contributed by atoms with Crippen molar-refractivity contribution in [3.63, 3.8) is 0 Å². The van der Waals surface area contributed by atoms with Crippen LogP contribution in [0.3, 0.4) is 0 Å². The van der Waals surface area contributed by atoms with Crippen molar-refractivity contribution < 1.29 is 0 Å². The van der Waals surface area contributed by atoms with E-state index in [4.69, 9.17) is 0 Å². The number of allylic oxidation sites excluding steroid dienone is 3. The normalized spacial score (nSPS) is 11.2. The number of anilines is 1. The molecule has 0 aliphatic rings. The van der Waals surface area contributed by atoms with Crippen LogP contribution in [0.2, 0.25) is 0 Å². The van der Waals surface area contributed by atoms with Crippen LogP contribution >= 0.6 is 12.6 Å². The van der Waals surface area contributed by atoms with Crippen molar-refractivity contribution in [1.29, 1.82) is 0 Å². The SMILES string of the molecule is C=C(S)/C=C/C=C/c1ccc(N(C)C)cc1. The van der Waals surface area contributed by atoms with Gasteiger partial charge in [-0.1, -0.05) is 36.9 Å². The van der Waals surface area contributed by atoms with Gasteiger partial charge in [0.05, 0.1) is 0 Å². The fourth-order valence-electron chi connectivity index (χ4n) is 1.22. The van der Waals surface area contributed by atoms with Crippen LogP contribution in [0.25, 0.3) is 6.08 Å². The highest BCUT2D eigenvalue weighted by Gasteiger charge is 1.92. The Morgan fingerprint density at radius 3 is 2.31 bits per heavy atom. The molecule has 1 aromatic carbocycles. The van der Waals surface area contributed by atoms with Crippen molar-refractivity contribution >= 4 is 24.4 Å². The molecule has 1 nitrogen and oxygen atoms in total. The van der Waals surface area contributed by atoms with Gasteiger partial charge in [-0.05, 0) is 28.7 Å². The maximum absolute atomic E-state index is 4.07. The van der Waals surface area contributed by atoms with Crippen LogP contribution in [0, 0.1) is 0 Å². The van der Waals surface area contributed by atoms with Gasteiger partial charge >= 0.3 is 0 Å². The maximum atomic E-state index is 4.07. The first kappa shape index (κ1) is 12.7. The quantitative estimate of drug-likeness (QED) is 0.610. The molecule has 0 heterocycles. The van der Waals surface area contributed by atoms with Crippen molar-refractivity contribution in [3.8, 4) is 0 Å². The highest BCUT2D eigenvalue weighted by atomic mass is 32.1. The van der Waals surface area contributed by atoms with E-state index in [0.29, 0.717) is 0 Å². The monoisotopic (exact) mass is 231 g/mol. The average molecular weight is 231 g/mol. The molecular weight excluding hydrogens is 214 g/mol. The van der Waals surface area contributed by atoms with E-state index < -0.39 is 0 Å². The molecule has 0 unspecified atom stereocenters. The first-order valence-electron chi connectivity index (χ1n) is 5.09. The summed E-state index contributed by atoms with van der Waals surface area (Å²) in [6.07, 6.45) is 7.81. The minimum Gasteiger partial charge on any atom is -0.378 e. The number of hydrogen-bond donors (Lipinski definition) is 1. The summed E-state index contributed by atoms with van der Waals surface area (Å²) in [4.78, 5) is 2.84. The van der Waals surface area contributed by atoms with Crippen molar-refractivity contribution in [2.75, 3.05) is 19.0 Å². The summed E-state index contributed by atoms with van der Waals surface area (Å²) >= 11 is 4.07. The molecule has 0 aliphatic heterocycles. The first-order chi connectivity index (χ1) is 7.59. The molecular formula is C14H17NS. The fourth-order valence-corrected chi connectivity index (χ4v) is 1.30. The number of benzene rings is 1. The van der Waals surface area contributed by atoms with Crippen molar-refractivity contribution in [2.24, 2.45) is 0 Å². The van der Waals surface area contributed by atoms with Gasteiger partial charge in [0.25, 0.3) is 0 Å². The summed E-state index contributed by atoms with van der Waals surface area (Å²) in [5.74, 6) is 0. The van der Waals surface area contributed by atoms with Crippen LogP contribution in [0.1, 0.15) is 5.56 Å². The molecule has 0 radical (unpaired) electrons. The Morgan fingerprint density at radius 1 is 1.19 bits per heavy atom. The molecule has 0 N–H and O–H groups in total. The predicted octanol–water partition coefficient (Wildman–Crippen LogP) is 3.77. The maximum Gasteiger partial charge on any atom is 0.0361 e. The Hall–Kier alpha value is -1.41. The molecule has 16 heavy (non-hydrogen) atoms. The van der Waals surface area contributed by atoms with Gasteiger partial charge in [-0.3, -0.25) is 0 Å². The molecule has 0 aromatic heterocycles. The van der Waals surface area contributed by atoms with Crippen LogP contribution in [0.4, 0.5) is 5.69 Å². The van der Waals surface area contributed by atoms with E-state index >= 15 is 0 Å².